The first-order valence-electron chi connectivity index (χ1n) is 6.03. The number of hydrogen-bond donors (Lipinski definition) is 0. The molecule has 0 amide bonds. The van der Waals surface area contributed by atoms with E-state index in [-0.39, 0.29) is 5.75 Å². The Morgan fingerprint density at radius 2 is 2.00 bits per heavy atom. The van der Waals surface area contributed by atoms with Crippen molar-refractivity contribution < 1.29 is 8.42 Å². The molecule has 0 unspecified atom stereocenters. The van der Waals surface area contributed by atoms with Crippen LogP contribution in [-0.4, -0.2) is 18.7 Å². The smallest absolute Gasteiger partial charge is 0.232 e. The van der Waals surface area contributed by atoms with Gasteiger partial charge in [-0.2, -0.15) is 0 Å². The van der Waals surface area contributed by atoms with Gasteiger partial charge in [0.25, 0.3) is 0 Å². The summed E-state index contributed by atoms with van der Waals surface area (Å²) < 4.78 is 23.8. The van der Waals surface area contributed by atoms with Gasteiger partial charge in [-0.3, -0.25) is 0 Å². The van der Waals surface area contributed by atoms with Crippen molar-refractivity contribution in [1.82, 2.24) is 4.57 Å². The average Bonchev–Trinajstić information content (AvgIpc) is 2.58. The molecular weight excluding hydrogens is 282 g/mol. The molecule has 102 valence electrons. The first-order valence-corrected chi connectivity index (χ1v) is 8.51. The predicted octanol–water partition coefficient (Wildman–Crippen LogP) is 3.46. The highest BCUT2D eigenvalue weighted by molar-refractivity contribution is 8.13. The number of nitrogens with zero attached hydrogens (tertiary/aromatic N) is 1. The van der Waals surface area contributed by atoms with E-state index in [9.17, 15) is 8.42 Å². The van der Waals surface area contributed by atoms with Crippen molar-refractivity contribution in [3.05, 3.63) is 41.6 Å². The molecule has 1 aromatic heterocycles. The van der Waals surface area contributed by atoms with Gasteiger partial charge in [-0.1, -0.05) is 30.4 Å². The van der Waals surface area contributed by atoms with Crippen LogP contribution in [0.1, 0.15) is 17.7 Å². The third kappa shape index (κ3) is 3.19. The van der Waals surface area contributed by atoms with Crippen LogP contribution in [-0.2, 0) is 16.1 Å². The number of fused-ring (bicyclic) bond motifs is 1. The number of para-hydroxylation sites is 1. The van der Waals surface area contributed by atoms with E-state index in [1.807, 2.05) is 31.3 Å². The molecule has 19 heavy (non-hydrogen) atoms. The quantitative estimate of drug-likeness (QED) is 0.811. The highest BCUT2D eigenvalue weighted by Gasteiger charge is 2.08. The normalized spacial score (nSPS) is 12.6. The van der Waals surface area contributed by atoms with E-state index in [0.717, 1.165) is 11.3 Å². The van der Waals surface area contributed by atoms with Crippen LogP contribution >= 0.6 is 10.7 Å². The summed E-state index contributed by atoms with van der Waals surface area (Å²) in [5.41, 5.74) is 3.46. The van der Waals surface area contributed by atoms with Gasteiger partial charge in [-0.25, -0.2) is 8.42 Å². The number of halogens is 1. The van der Waals surface area contributed by atoms with Gasteiger partial charge in [0.05, 0.1) is 5.75 Å². The topological polar surface area (TPSA) is 39.1 Å². The van der Waals surface area contributed by atoms with E-state index >= 15 is 0 Å². The fraction of sp³-hybridized carbons (Fsp3) is 0.286. The zero-order valence-electron chi connectivity index (χ0n) is 10.9. The molecule has 0 spiro atoms. The maximum atomic E-state index is 10.9. The summed E-state index contributed by atoms with van der Waals surface area (Å²) in [4.78, 5) is 0. The molecule has 3 nitrogen and oxygen atoms in total. The van der Waals surface area contributed by atoms with Crippen molar-refractivity contribution in [3.63, 3.8) is 0 Å². The van der Waals surface area contributed by atoms with Gasteiger partial charge >= 0.3 is 0 Å². The summed E-state index contributed by atoms with van der Waals surface area (Å²) in [6, 6.07) is 8.15. The lowest BCUT2D eigenvalue weighted by atomic mass is 10.1. The molecule has 0 aliphatic carbocycles. The maximum absolute atomic E-state index is 10.9. The highest BCUT2D eigenvalue weighted by atomic mass is 35.7. The summed E-state index contributed by atoms with van der Waals surface area (Å²) in [7, 11) is 3.80. The first-order chi connectivity index (χ1) is 8.90. The Morgan fingerprint density at radius 1 is 1.32 bits per heavy atom. The van der Waals surface area contributed by atoms with Crippen molar-refractivity contribution >= 4 is 36.7 Å². The zero-order chi connectivity index (χ0) is 14.0. The molecule has 5 heteroatoms. The molecule has 0 saturated heterocycles. The first kappa shape index (κ1) is 14.2. The Balaban J connectivity index is 2.30. The van der Waals surface area contributed by atoms with E-state index < -0.39 is 9.05 Å². The molecule has 1 heterocycles. The van der Waals surface area contributed by atoms with Crippen LogP contribution in [0.15, 0.2) is 30.3 Å². The molecule has 0 atom stereocenters. The van der Waals surface area contributed by atoms with Crippen LogP contribution in [0.5, 0.6) is 0 Å². The lowest BCUT2D eigenvalue weighted by Gasteiger charge is -1.97. The number of aryl methyl sites for hydroxylation is 1. The molecule has 0 bridgehead atoms. The minimum Gasteiger partial charge on any atom is -0.347 e. The monoisotopic (exact) mass is 297 g/mol. The highest BCUT2D eigenvalue weighted by Crippen LogP contribution is 2.25. The Hall–Kier alpha value is -1.26. The van der Waals surface area contributed by atoms with Crippen LogP contribution in [0.3, 0.4) is 0 Å². The molecule has 0 aliphatic rings. The van der Waals surface area contributed by atoms with Gasteiger partial charge in [0, 0.05) is 39.9 Å². The lowest BCUT2D eigenvalue weighted by molar-refractivity contribution is 0.609. The van der Waals surface area contributed by atoms with E-state index in [0.29, 0.717) is 6.42 Å². The van der Waals surface area contributed by atoms with Crippen LogP contribution in [0.25, 0.3) is 17.0 Å². The molecule has 1 aromatic carbocycles. The summed E-state index contributed by atoms with van der Waals surface area (Å²) in [5.74, 6) is -0.0329. The van der Waals surface area contributed by atoms with Crippen LogP contribution in [0.4, 0.5) is 0 Å². The number of aromatic nitrogens is 1. The molecule has 0 fully saturated rings. The van der Waals surface area contributed by atoms with Gasteiger partial charge in [0.2, 0.25) is 9.05 Å². The van der Waals surface area contributed by atoms with Crippen molar-refractivity contribution in [1.29, 1.82) is 0 Å². The molecular formula is C14H16ClNO2S. The summed E-state index contributed by atoms with van der Waals surface area (Å²) in [5, 5.41) is 1.17. The van der Waals surface area contributed by atoms with Gasteiger partial charge in [0.1, 0.15) is 0 Å². The van der Waals surface area contributed by atoms with E-state index in [1.54, 1.807) is 0 Å². The van der Waals surface area contributed by atoms with Crippen LogP contribution < -0.4 is 0 Å². The summed E-state index contributed by atoms with van der Waals surface area (Å²) in [6.07, 6.45) is 4.25. The number of hydrogen-bond acceptors (Lipinski definition) is 2. The van der Waals surface area contributed by atoms with Gasteiger partial charge in [0.15, 0.2) is 0 Å². The van der Waals surface area contributed by atoms with Crippen molar-refractivity contribution in [2.45, 2.75) is 13.3 Å². The zero-order valence-corrected chi connectivity index (χ0v) is 12.5. The average molecular weight is 298 g/mol. The predicted molar refractivity (Wildman–Crippen MR) is 80.9 cm³/mol. The maximum Gasteiger partial charge on any atom is 0.232 e. The second kappa shape index (κ2) is 5.39. The minimum atomic E-state index is -3.41. The van der Waals surface area contributed by atoms with E-state index in [4.69, 9.17) is 10.7 Å². The summed E-state index contributed by atoms with van der Waals surface area (Å²) in [6.45, 7) is 2.05. The number of benzene rings is 1. The molecule has 0 aliphatic heterocycles. The fourth-order valence-electron chi connectivity index (χ4n) is 2.17. The lowest BCUT2D eigenvalue weighted by Crippen LogP contribution is -1.94. The number of allylic oxidation sites excluding steroid dienone is 1. The van der Waals surface area contributed by atoms with Crippen molar-refractivity contribution in [2.24, 2.45) is 7.05 Å². The minimum absolute atomic E-state index is 0.0329. The standard InChI is InChI=1S/C14H16ClNO2S/c1-11-12(7-5-6-10-19(15,17)18)13-8-3-4-9-14(13)16(11)2/h3-5,7-9H,6,10H2,1-2H3/b7-5+. The van der Waals surface area contributed by atoms with Crippen molar-refractivity contribution in [2.75, 3.05) is 5.75 Å². The molecule has 2 rings (SSSR count). The molecule has 0 N–H and O–H groups in total. The molecule has 0 radical (unpaired) electrons. The third-order valence-electron chi connectivity index (χ3n) is 3.26. The Labute approximate surface area is 117 Å². The van der Waals surface area contributed by atoms with Gasteiger partial charge < -0.3 is 4.57 Å². The van der Waals surface area contributed by atoms with Crippen molar-refractivity contribution in [3.8, 4) is 0 Å². The molecule has 0 saturated carbocycles. The number of rotatable bonds is 4. The molecule has 2 aromatic rings. The SMILES string of the molecule is Cc1c(/C=C/CCS(=O)(=O)Cl)c2ccccc2n1C. The van der Waals surface area contributed by atoms with Crippen LogP contribution in [0.2, 0.25) is 0 Å². The largest absolute Gasteiger partial charge is 0.347 e. The van der Waals surface area contributed by atoms with E-state index in [1.165, 1.54) is 10.9 Å². The van der Waals surface area contributed by atoms with Crippen LogP contribution in [0, 0.1) is 6.92 Å². The Morgan fingerprint density at radius 3 is 2.68 bits per heavy atom. The summed E-state index contributed by atoms with van der Waals surface area (Å²) >= 11 is 0. The Bertz CT molecular complexity index is 729. The van der Waals surface area contributed by atoms with Gasteiger partial charge in [-0.15, -0.1) is 0 Å². The van der Waals surface area contributed by atoms with E-state index in [2.05, 4.69) is 23.6 Å². The Kier molecular flexibility index (Phi) is 4.02. The second-order valence-corrected chi connectivity index (χ2v) is 7.41. The van der Waals surface area contributed by atoms with Gasteiger partial charge in [-0.05, 0) is 19.4 Å². The third-order valence-corrected chi connectivity index (χ3v) is 4.45. The second-order valence-electron chi connectivity index (χ2n) is 4.51. The fourth-order valence-corrected chi connectivity index (χ4v) is 2.86.